The van der Waals surface area contributed by atoms with Gasteiger partial charge in [-0.2, -0.15) is 0 Å². The number of aryl methyl sites for hydroxylation is 2. The van der Waals surface area contributed by atoms with Crippen LogP contribution in [0.5, 0.6) is 11.5 Å². The van der Waals surface area contributed by atoms with E-state index in [1.807, 2.05) is 19.9 Å². The topological polar surface area (TPSA) is 99.4 Å². The predicted molar refractivity (Wildman–Crippen MR) is 132 cm³/mol. The van der Waals surface area contributed by atoms with E-state index in [1.54, 1.807) is 54.6 Å². The highest BCUT2D eigenvalue weighted by Gasteiger charge is 2.20. The molecule has 8 nitrogen and oxygen atoms in total. The van der Waals surface area contributed by atoms with E-state index in [0.29, 0.717) is 16.8 Å². The Hall–Kier alpha value is -3.85. The first-order valence-corrected chi connectivity index (χ1v) is 12.2. The van der Waals surface area contributed by atoms with Gasteiger partial charge in [-0.05, 0) is 41.8 Å². The van der Waals surface area contributed by atoms with E-state index < -0.39 is 21.1 Å². The Labute approximate surface area is 197 Å². The van der Waals surface area contributed by atoms with Crippen LogP contribution in [0.2, 0.25) is 0 Å². The van der Waals surface area contributed by atoms with Gasteiger partial charge in [-0.3, -0.25) is 14.3 Å². The monoisotopic (exact) mass is 479 g/mol. The zero-order valence-corrected chi connectivity index (χ0v) is 20.1. The Morgan fingerprint density at radius 2 is 1.38 bits per heavy atom. The Morgan fingerprint density at radius 3 is 1.94 bits per heavy atom. The third-order valence-corrected chi connectivity index (χ3v) is 7.05. The quantitative estimate of drug-likeness (QED) is 0.422. The summed E-state index contributed by atoms with van der Waals surface area (Å²) in [5.41, 5.74) is 0.540. The molecule has 0 atom stereocenters. The highest BCUT2D eigenvalue weighted by atomic mass is 32.2. The number of sulfonamides is 1. The van der Waals surface area contributed by atoms with Crippen molar-refractivity contribution in [3.05, 3.63) is 93.0 Å². The van der Waals surface area contributed by atoms with Crippen LogP contribution in [0.3, 0.4) is 0 Å². The van der Waals surface area contributed by atoms with E-state index in [-0.39, 0.29) is 22.3 Å². The molecule has 0 aliphatic heterocycles. The molecular weight excluding hydrogens is 454 g/mol. The molecule has 0 fully saturated rings. The minimum absolute atomic E-state index is 0.0945. The number of rotatable bonds is 6. The van der Waals surface area contributed by atoms with E-state index in [0.717, 1.165) is 5.56 Å². The van der Waals surface area contributed by atoms with E-state index in [4.69, 9.17) is 4.74 Å². The Kier molecular flexibility index (Phi) is 6.05. The molecule has 3 aromatic carbocycles. The summed E-state index contributed by atoms with van der Waals surface area (Å²) < 4.78 is 37.4. The van der Waals surface area contributed by atoms with E-state index in [9.17, 15) is 18.0 Å². The fraction of sp³-hybridized carbons (Fsp3) is 0.200. The minimum atomic E-state index is -3.97. The third-order valence-electron chi connectivity index (χ3n) is 5.66. The molecule has 0 saturated carbocycles. The van der Waals surface area contributed by atoms with E-state index in [1.165, 1.54) is 29.3 Å². The van der Waals surface area contributed by atoms with Crippen LogP contribution in [0.1, 0.15) is 25.3 Å². The van der Waals surface area contributed by atoms with Crippen molar-refractivity contribution in [2.75, 3.05) is 4.72 Å². The van der Waals surface area contributed by atoms with E-state index >= 15 is 0 Å². The second-order valence-electron chi connectivity index (χ2n) is 8.31. The van der Waals surface area contributed by atoms with Gasteiger partial charge in [0.25, 0.3) is 10.0 Å². The molecule has 34 heavy (non-hydrogen) atoms. The molecule has 0 aliphatic carbocycles. The van der Waals surface area contributed by atoms with Gasteiger partial charge in [-0.25, -0.2) is 8.42 Å². The lowest BCUT2D eigenvalue weighted by Gasteiger charge is -2.17. The Morgan fingerprint density at radius 1 is 0.824 bits per heavy atom. The van der Waals surface area contributed by atoms with Gasteiger partial charge in [0.05, 0.1) is 21.6 Å². The van der Waals surface area contributed by atoms with Crippen molar-refractivity contribution < 1.29 is 13.2 Å². The second kappa shape index (κ2) is 8.83. The van der Waals surface area contributed by atoms with Crippen molar-refractivity contribution in [3.63, 3.8) is 0 Å². The number of nitrogens with zero attached hydrogens (tertiary/aromatic N) is 2. The SMILES string of the molecule is CC(C)c1ccc(S(=O)(=O)Nc2cc3c(cc2Oc2ccccc2)n(C)c(=O)c(=O)n3C)cc1. The van der Waals surface area contributed by atoms with Gasteiger partial charge in [-0.1, -0.05) is 44.2 Å². The van der Waals surface area contributed by atoms with Crippen molar-refractivity contribution in [1.82, 2.24) is 9.13 Å². The van der Waals surface area contributed by atoms with Gasteiger partial charge in [0.1, 0.15) is 5.75 Å². The standard InChI is InChI=1S/C25H25N3O5S/c1-16(2)17-10-12-19(13-11-17)34(31,32)26-20-14-21-22(28(4)25(30)24(29)27(21)3)15-23(20)33-18-8-6-5-7-9-18/h5-16,26H,1-4H3. The molecule has 0 aliphatic rings. The van der Waals surface area contributed by atoms with Crippen molar-refractivity contribution in [2.24, 2.45) is 14.1 Å². The van der Waals surface area contributed by atoms with Crippen LogP contribution in [0, 0.1) is 0 Å². The summed E-state index contributed by atoms with van der Waals surface area (Å²) in [5.74, 6) is 0.942. The van der Waals surface area contributed by atoms with Crippen LogP contribution >= 0.6 is 0 Å². The first kappa shape index (κ1) is 23.3. The molecule has 0 bridgehead atoms. The molecule has 0 radical (unpaired) electrons. The van der Waals surface area contributed by atoms with Crippen LogP contribution in [0.25, 0.3) is 11.0 Å². The largest absolute Gasteiger partial charge is 0.455 e. The van der Waals surface area contributed by atoms with Crippen LogP contribution < -0.4 is 20.6 Å². The average Bonchev–Trinajstić information content (AvgIpc) is 2.82. The first-order valence-electron chi connectivity index (χ1n) is 10.7. The summed E-state index contributed by atoms with van der Waals surface area (Å²) in [4.78, 5) is 24.8. The molecule has 4 aromatic rings. The lowest BCUT2D eigenvalue weighted by Crippen LogP contribution is -2.39. The third kappa shape index (κ3) is 4.34. The maximum Gasteiger partial charge on any atom is 0.316 e. The maximum absolute atomic E-state index is 13.2. The first-order chi connectivity index (χ1) is 16.1. The number of hydrogen-bond donors (Lipinski definition) is 1. The van der Waals surface area contributed by atoms with E-state index in [2.05, 4.69) is 4.72 Å². The molecule has 9 heteroatoms. The number of anilines is 1. The molecule has 0 unspecified atom stereocenters. The fourth-order valence-corrected chi connectivity index (χ4v) is 4.68. The normalized spacial score (nSPS) is 11.7. The molecule has 1 N–H and O–H groups in total. The van der Waals surface area contributed by atoms with Crippen molar-refractivity contribution in [1.29, 1.82) is 0 Å². The van der Waals surface area contributed by atoms with Crippen LogP contribution in [0.4, 0.5) is 5.69 Å². The number of hydrogen-bond acceptors (Lipinski definition) is 5. The number of benzene rings is 3. The molecule has 0 amide bonds. The highest BCUT2D eigenvalue weighted by Crippen LogP contribution is 2.34. The molecule has 0 saturated heterocycles. The van der Waals surface area contributed by atoms with Gasteiger partial charge in [0.15, 0.2) is 5.75 Å². The predicted octanol–water partition coefficient (Wildman–Crippen LogP) is 3.95. The average molecular weight is 480 g/mol. The molecular formula is C25H25N3O5S. The summed E-state index contributed by atoms with van der Waals surface area (Å²) in [5, 5.41) is 0. The molecule has 0 spiro atoms. The highest BCUT2D eigenvalue weighted by molar-refractivity contribution is 7.92. The smallest absolute Gasteiger partial charge is 0.316 e. The number of ether oxygens (including phenoxy) is 1. The molecule has 4 rings (SSSR count). The van der Waals surface area contributed by atoms with Gasteiger partial charge < -0.3 is 13.9 Å². The summed E-state index contributed by atoms with van der Waals surface area (Å²) >= 11 is 0. The lowest BCUT2D eigenvalue weighted by molar-refractivity contribution is 0.485. The van der Waals surface area contributed by atoms with Gasteiger partial charge in [-0.15, -0.1) is 0 Å². The zero-order valence-electron chi connectivity index (χ0n) is 19.3. The molecule has 176 valence electrons. The number of nitrogens with one attached hydrogen (secondary N) is 1. The van der Waals surface area contributed by atoms with Gasteiger partial charge >= 0.3 is 11.1 Å². The molecule has 1 aromatic heterocycles. The van der Waals surface area contributed by atoms with Crippen molar-refractivity contribution in [3.8, 4) is 11.5 Å². The van der Waals surface area contributed by atoms with Crippen LogP contribution in [-0.4, -0.2) is 17.6 Å². The molecule has 1 heterocycles. The van der Waals surface area contributed by atoms with Crippen LogP contribution in [-0.2, 0) is 24.1 Å². The summed E-state index contributed by atoms with van der Waals surface area (Å²) in [6, 6.07) is 18.6. The number of aromatic nitrogens is 2. The van der Waals surface area contributed by atoms with Gasteiger partial charge in [0.2, 0.25) is 0 Å². The van der Waals surface area contributed by atoms with Crippen molar-refractivity contribution >= 4 is 26.7 Å². The summed E-state index contributed by atoms with van der Waals surface area (Å²) in [7, 11) is -1.02. The lowest BCUT2D eigenvalue weighted by atomic mass is 10.0. The Bertz CT molecular complexity index is 1590. The number of para-hydroxylation sites is 1. The maximum atomic E-state index is 13.2. The number of fused-ring (bicyclic) bond motifs is 1. The fourth-order valence-electron chi connectivity index (χ4n) is 3.62. The Balaban J connectivity index is 1.87. The van der Waals surface area contributed by atoms with Crippen LogP contribution in [0.15, 0.2) is 81.2 Å². The second-order valence-corrected chi connectivity index (χ2v) is 9.99. The zero-order chi connectivity index (χ0) is 24.6. The minimum Gasteiger partial charge on any atom is -0.455 e. The summed E-state index contributed by atoms with van der Waals surface area (Å²) in [6.07, 6.45) is 0. The van der Waals surface area contributed by atoms with Crippen molar-refractivity contribution in [2.45, 2.75) is 24.7 Å². The summed E-state index contributed by atoms with van der Waals surface area (Å²) in [6.45, 7) is 4.06. The van der Waals surface area contributed by atoms with Gasteiger partial charge in [0, 0.05) is 20.2 Å².